The van der Waals surface area contributed by atoms with Crippen molar-refractivity contribution in [3.8, 4) is 11.6 Å². The number of aromatic nitrogens is 3. The van der Waals surface area contributed by atoms with Gasteiger partial charge in [-0.1, -0.05) is 42.5 Å². The van der Waals surface area contributed by atoms with Gasteiger partial charge in [-0.25, -0.2) is 4.98 Å². The number of nitrogens with zero attached hydrogens (tertiary/aromatic N) is 4. The molecule has 0 bridgehead atoms. The van der Waals surface area contributed by atoms with Gasteiger partial charge in [-0.3, -0.25) is 9.48 Å². The van der Waals surface area contributed by atoms with Crippen LogP contribution in [0.1, 0.15) is 40.4 Å². The van der Waals surface area contributed by atoms with Crippen molar-refractivity contribution in [2.75, 3.05) is 27.3 Å². The zero-order valence-corrected chi connectivity index (χ0v) is 20.6. The molecule has 0 unspecified atom stereocenters. The second-order valence-corrected chi connectivity index (χ2v) is 8.99. The zero-order chi connectivity index (χ0) is 24.9. The first-order valence-electron chi connectivity index (χ1n) is 12.2. The molecule has 2 aromatic heterocycles. The molecular formula is C29H30N4O3. The molecule has 7 nitrogen and oxygen atoms in total. The van der Waals surface area contributed by atoms with Crippen LogP contribution in [-0.2, 0) is 6.54 Å². The molecule has 0 saturated carbocycles. The fourth-order valence-corrected chi connectivity index (χ4v) is 4.84. The summed E-state index contributed by atoms with van der Waals surface area (Å²) in [5.74, 6) is 1.49. The van der Waals surface area contributed by atoms with Gasteiger partial charge < -0.3 is 14.4 Å². The topological polar surface area (TPSA) is 69.5 Å². The van der Waals surface area contributed by atoms with Gasteiger partial charge in [-0.15, -0.1) is 0 Å². The lowest BCUT2D eigenvalue weighted by Gasteiger charge is -2.32. The van der Waals surface area contributed by atoms with Crippen LogP contribution in [0.5, 0.6) is 11.6 Å². The summed E-state index contributed by atoms with van der Waals surface area (Å²) in [7, 11) is 3.20. The third-order valence-corrected chi connectivity index (χ3v) is 6.71. The average molecular weight is 483 g/mol. The van der Waals surface area contributed by atoms with Crippen molar-refractivity contribution in [1.29, 1.82) is 0 Å². The van der Waals surface area contributed by atoms with Crippen LogP contribution < -0.4 is 9.47 Å². The SMILES string of the molecule is COc1ccc(Cn2nc(C(=O)/C=C/N3CCC[C@H](c4ccccc4)C3)c3c(OC)nccc32)cc1. The van der Waals surface area contributed by atoms with Crippen molar-refractivity contribution in [2.24, 2.45) is 0 Å². The smallest absolute Gasteiger partial charge is 0.225 e. The second-order valence-electron chi connectivity index (χ2n) is 8.99. The Bertz CT molecular complexity index is 1360. The molecule has 1 atom stereocenters. The molecule has 1 aliphatic rings. The van der Waals surface area contributed by atoms with E-state index in [0.29, 0.717) is 29.4 Å². The molecule has 7 heteroatoms. The number of benzene rings is 2. The Morgan fingerprint density at radius 2 is 1.86 bits per heavy atom. The minimum absolute atomic E-state index is 0.165. The molecule has 0 N–H and O–H groups in total. The van der Waals surface area contributed by atoms with Crippen LogP contribution >= 0.6 is 0 Å². The maximum atomic E-state index is 13.4. The van der Waals surface area contributed by atoms with E-state index in [1.165, 1.54) is 5.56 Å². The van der Waals surface area contributed by atoms with E-state index in [2.05, 4.69) is 34.1 Å². The maximum Gasteiger partial charge on any atom is 0.225 e. The zero-order valence-electron chi connectivity index (χ0n) is 20.6. The Balaban J connectivity index is 1.40. The predicted molar refractivity (Wildman–Crippen MR) is 140 cm³/mol. The minimum Gasteiger partial charge on any atom is -0.497 e. The van der Waals surface area contributed by atoms with E-state index in [9.17, 15) is 4.79 Å². The molecular weight excluding hydrogens is 452 g/mol. The van der Waals surface area contributed by atoms with Crippen LogP contribution in [0.2, 0.25) is 0 Å². The quantitative estimate of drug-likeness (QED) is 0.258. The van der Waals surface area contributed by atoms with E-state index < -0.39 is 0 Å². The summed E-state index contributed by atoms with van der Waals surface area (Å²) in [6.45, 7) is 2.34. The number of methoxy groups -OCH3 is 2. The van der Waals surface area contributed by atoms with Gasteiger partial charge in [0.05, 0.1) is 31.7 Å². The lowest BCUT2D eigenvalue weighted by Crippen LogP contribution is -2.30. The molecule has 0 aliphatic carbocycles. The summed E-state index contributed by atoms with van der Waals surface area (Å²) in [6, 6.07) is 20.3. The summed E-state index contributed by atoms with van der Waals surface area (Å²) >= 11 is 0. The summed E-state index contributed by atoms with van der Waals surface area (Å²) in [5, 5.41) is 5.34. The van der Waals surface area contributed by atoms with Crippen LogP contribution in [0, 0.1) is 0 Å². The number of likely N-dealkylation sites (tertiary alicyclic amines) is 1. The number of fused-ring (bicyclic) bond motifs is 1. The van der Waals surface area contributed by atoms with Crippen molar-refractivity contribution in [3.05, 3.63) is 96.0 Å². The van der Waals surface area contributed by atoms with Crippen LogP contribution in [0.4, 0.5) is 0 Å². The first-order valence-corrected chi connectivity index (χ1v) is 12.2. The fourth-order valence-electron chi connectivity index (χ4n) is 4.84. The lowest BCUT2D eigenvalue weighted by molar-refractivity contribution is 0.104. The highest BCUT2D eigenvalue weighted by Gasteiger charge is 2.22. The van der Waals surface area contributed by atoms with Gasteiger partial charge in [0, 0.05) is 37.5 Å². The summed E-state index contributed by atoms with van der Waals surface area (Å²) in [5.41, 5.74) is 3.54. The molecule has 1 aliphatic heterocycles. The van der Waals surface area contributed by atoms with Crippen LogP contribution in [0.3, 0.4) is 0 Å². The first-order chi connectivity index (χ1) is 17.7. The molecule has 1 saturated heterocycles. The number of hydrogen-bond acceptors (Lipinski definition) is 6. The van der Waals surface area contributed by atoms with Crippen molar-refractivity contribution in [2.45, 2.75) is 25.3 Å². The molecule has 0 spiro atoms. The third-order valence-electron chi connectivity index (χ3n) is 6.71. The van der Waals surface area contributed by atoms with Crippen LogP contribution in [-0.4, -0.2) is 52.8 Å². The highest BCUT2D eigenvalue weighted by molar-refractivity contribution is 6.12. The standard InChI is InChI=1S/C29H30N4O3/c1-35-24-12-10-21(11-13-24)19-33-25-14-16-30-29(36-2)27(25)28(31-33)26(34)15-18-32-17-6-9-23(20-32)22-7-4-3-5-8-22/h3-5,7-8,10-16,18,23H,6,9,17,19-20H2,1-2H3/b18-15+/t23-/m0/s1. The Morgan fingerprint density at radius 3 is 2.61 bits per heavy atom. The van der Waals surface area contributed by atoms with Crippen LogP contribution in [0.15, 0.2) is 79.1 Å². The number of carbonyl (C=O) groups excluding carboxylic acids is 1. The van der Waals surface area contributed by atoms with E-state index in [1.54, 1.807) is 26.5 Å². The van der Waals surface area contributed by atoms with Crippen molar-refractivity contribution in [3.63, 3.8) is 0 Å². The highest BCUT2D eigenvalue weighted by Crippen LogP contribution is 2.29. The molecule has 2 aromatic carbocycles. The minimum atomic E-state index is -0.165. The second kappa shape index (κ2) is 10.6. The van der Waals surface area contributed by atoms with Gasteiger partial charge in [0.25, 0.3) is 0 Å². The average Bonchev–Trinajstić information content (AvgIpc) is 3.31. The fraction of sp³-hybridized carbons (Fsp3) is 0.276. The van der Waals surface area contributed by atoms with E-state index in [1.807, 2.05) is 47.3 Å². The molecule has 4 aromatic rings. The van der Waals surface area contributed by atoms with Crippen molar-refractivity contribution >= 4 is 16.7 Å². The number of allylic oxidation sites excluding steroid dienone is 1. The predicted octanol–water partition coefficient (Wildman–Crippen LogP) is 5.07. The number of ether oxygens (including phenoxy) is 2. The largest absolute Gasteiger partial charge is 0.497 e. The van der Waals surface area contributed by atoms with Crippen molar-refractivity contribution in [1.82, 2.24) is 19.7 Å². The maximum absolute atomic E-state index is 13.4. The Kier molecular flexibility index (Phi) is 6.98. The van der Waals surface area contributed by atoms with Crippen LogP contribution in [0.25, 0.3) is 10.9 Å². The number of piperidine rings is 1. The lowest BCUT2D eigenvalue weighted by atomic mass is 9.91. The number of carbonyl (C=O) groups is 1. The van der Waals surface area contributed by atoms with Crippen molar-refractivity contribution < 1.29 is 14.3 Å². The van der Waals surface area contributed by atoms with Gasteiger partial charge >= 0.3 is 0 Å². The number of rotatable bonds is 8. The number of ketones is 1. The van der Waals surface area contributed by atoms with Gasteiger partial charge in [-0.2, -0.15) is 5.10 Å². The summed E-state index contributed by atoms with van der Waals surface area (Å²) in [6.07, 6.45) is 7.46. The molecule has 184 valence electrons. The summed E-state index contributed by atoms with van der Waals surface area (Å²) < 4.78 is 12.6. The Morgan fingerprint density at radius 1 is 1.06 bits per heavy atom. The normalized spacial score (nSPS) is 15.9. The van der Waals surface area contributed by atoms with E-state index >= 15 is 0 Å². The van der Waals surface area contributed by atoms with E-state index in [4.69, 9.17) is 14.6 Å². The molecule has 0 amide bonds. The Hall–Kier alpha value is -4.13. The monoisotopic (exact) mass is 482 g/mol. The summed E-state index contributed by atoms with van der Waals surface area (Å²) in [4.78, 5) is 19.9. The molecule has 0 radical (unpaired) electrons. The van der Waals surface area contributed by atoms with E-state index in [-0.39, 0.29) is 5.78 Å². The van der Waals surface area contributed by atoms with Gasteiger partial charge in [0.15, 0.2) is 0 Å². The number of hydrogen-bond donors (Lipinski definition) is 0. The highest BCUT2D eigenvalue weighted by atomic mass is 16.5. The molecule has 3 heterocycles. The molecule has 36 heavy (non-hydrogen) atoms. The van der Waals surface area contributed by atoms with Gasteiger partial charge in [0.1, 0.15) is 11.4 Å². The van der Waals surface area contributed by atoms with E-state index in [0.717, 1.165) is 42.8 Å². The van der Waals surface area contributed by atoms with Gasteiger partial charge in [-0.05, 0) is 42.2 Å². The first kappa shape index (κ1) is 23.6. The van der Waals surface area contributed by atoms with Gasteiger partial charge in [0.2, 0.25) is 11.7 Å². The Labute approximate surface area is 211 Å². The molecule has 5 rings (SSSR count). The number of pyridine rings is 1. The third kappa shape index (κ3) is 4.96. The molecule has 1 fully saturated rings.